The summed E-state index contributed by atoms with van der Waals surface area (Å²) in [5, 5.41) is 13.8. The minimum Gasteiger partial charge on any atom is -0.504 e. The highest BCUT2D eigenvalue weighted by molar-refractivity contribution is 5.42. The highest BCUT2D eigenvalue weighted by Gasteiger charge is 2.11. The van der Waals surface area contributed by atoms with E-state index in [4.69, 9.17) is 5.73 Å². The van der Waals surface area contributed by atoms with E-state index in [0.29, 0.717) is 12.1 Å². The zero-order chi connectivity index (χ0) is 16.9. The molecule has 1 atom stereocenters. The maximum atomic E-state index is 9.72. The molecule has 0 saturated heterocycles. The van der Waals surface area contributed by atoms with Crippen LogP contribution in [0.3, 0.4) is 0 Å². The number of benzene rings is 1. The lowest BCUT2D eigenvalue weighted by atomic mass is 10.0. The molecular formula is C18H17N5O. The van der Waals surface area contributed by atoms with Crippen molar-refractivity contribution in [3.05, 3.63) is 71.6 Å². The van der Waals surface area contributed by atoms with Crippen LogP contribution < -0.4 is 5.73 Å². The Morgan fingerprint density at radius 3 is 2.58 bits per heavy atom. The number of hydrogen-bond donors (Lipinski definition) is 2. The second kappa shape index (κ2) is 6.94. The molecule has 24 heavy (non-hydrogen) atoms. The maximum Gasteiger partial charge on any atom is 0.155 e. The monoisotopic (exact) mass is 319 g/mol. The number of aromatic hydroxyl groups is 1. The Morgan fingerprint density at radius 2 is 1.92 bits per heavy atom. The van der Waals surface area contributed by atoms with E-state index in [1.165, 1.54) is 12.5 Å². The minimum atomic E-state index is -0.258. The van der Waals surface area contributed by atoms with Crippen molar-refractivity contribution < 1.29 is 5.11 Å². The number of hydrogen-bond acceptors (Lipinski definition) is 5. The zero-order valence-corrected chi connectivity index (χ0v) is 13.2. The lowest BCUT2D eigenvalue weighted by molar-refractivity contribution is 0.457. The first-order valence-corrected chi connectivity index (χ1v) is 7.46. The normalized spacial score (nSPS) is 11.6. The molecule has 3 rings (SSSR count). The quantitative estimate of drug-likeness (QED) is 0.715. The third-order valence-corrected chi connectivity index (χ3v) is 3.58. The first kappa shape index (κ1) is 15.7. The molecule has 6 nitrogen and oxygen atoms in total. The van der Waals surface area contributed by atoms with Crippen LogP contribution in [0, 0.1) is 11.8 Å². The van der Waals surface area contributed by atoms with Gasteiger partial charge in [0.05, 0.1) is 23.7 Å². The Labute approximate surface area is 140 Å². The summed E-state index contributed by atoms with van der Waals surface area (Å²) in [6, 6.07) is 7.48. The summed E-state index contributed by atoms with van der Waals surface area (Å²) in [4.78, 5) is 7.82. The standard InChI is InChI=1S/C18H17N5O/c1-23-11-14(9-22-23)3-2-13-4-6-15(7-5-13)16(19)8-17-18(24)10-20-12-21-17/h4-7,9-12,16,24H,8,19H2,1H3. The molecule has 0 aliphatic heterocycles. The molecule has 1 aromatic carbocycles. The summed E-state index contributed by atoms with van der Waals surface area (Å²) in [6.45, 7) is 0. The molecule has 1 unspecified atom stereocenters. The molecule has 3 aromatic rings. The highest BCUT2D eigenvalue weighted by Crippen LogP contribution is 2.20. The van der Waals surface area contributed by atoms with Crippen molar-refractivity contribution in [1.29, 1.82) is 0 Å². The summed E-state index contributed by atoms with van der Waals surface area (Å²) < 4.78 is 1.72. The number of aryl methyl sites for hydroxylation is 1. The third kappa shape index (κ3) is 3.77. The third-order valence-electron chi connectivity index (χ3n) is 3.58. The van der Waals surface area contributed by atoms with Gasteiger partial charge in [-0.25, -0.2) is 9.97 Å². The SMILES string of the molecule is Cn1cc(C#Cc2ccc(C(N)Cc3ncncc3O)cc2)cn1. The van der Waals surface area contributed by atoms with Gasteiger partial charge >= 0.3 is 0 Å². The van der Waals surface area contributed by atoms with Gasteiger partial charge in [0.2, 0.25) is 0 Å². The summed E-state index contributed by atoms with van der Waals surface area (Å²) in [7, 11) is 1.86. The van der Waals surface area contributed by atoms with Crippen molar-refractivity contribution >= 4 is 0 Å². The molecule has 0 aliphatic rings. The molecule has 6 heteroatoms. The molecule has 2 heterocycles. The smallest absolute Gasteiger partial charge is 0.155 e. The number of nitrogens with zero attached hydrogens (tertiary/aromatic N) is 4. The van der Waals surface area contributed by atoms with E-state index in [1.54, 1.807) is 10.9 Å². The van der Waals surface area contributed by atoms with E-state index in [9.17, 15) is 5.11 Å². The van der Waals surface area contributed by atoms with Gasteiger partial charge in [0.25, 0.3) is 0 Å². The Kier molecular flexibility index (Phi) is 4.54. The molecule has 3 N–H and O–H groups in total. The van der Waals surface area contributed by atoms with Gasteiger partial charge in [0.1, 0.15) is 6.33 Å². The maximum absolute atomic E-state index is 9.72. The van der Waals surface area contributed by atoms with Crippen molar-refractivity contribution in [2.24, 2.45) is 12.8 Å². The van der Waals surface area contributed by atoms with Crippen molar-refractivity contribution in [3.8, 4) is 17.6 Å². The fraction of sp³-hybridized carbons (Fsp3) is 0.167. The predicted octanol–water partition coefficient (Wildman–Crippen LogP) is 1.56. The van der Waals surface area contributed by atoms with Crippen molar-refractivity contribution in [1.82, 2.24) is 19.7 Å². The largest absolute Gasteiger partial charge is 0.504 e. The molecule has 0 bridgehead atoms. The van der Waals surface area contributed by atoms with Crippen LogP contribution in [0.15, 0.2) is 49.2 Å². The van der Waals surface area contributed by atoms with Crippen molar-refractivity contribution in [3.63, 3.8) is 0 Å². The lowest BCUT2D eigenvalue weighted by Gasteiger charge is -2.12. The molecular weight excluding hydrogens is 302 g/mol. The summed E-state index contributed by atoms with van der Waals surface area (Å²) in [5.74, 6) is 6.22. The highest BCUT2D eigenvalue weighted by atomic mass is 16.3. The van der Waals surface area contributed by atoms with E-state index in [0.717, 1.165) is 16.7 Å². The van der Waals surface area contributed by atoms with Crippen LogP contribution in [0.1, 0.15) is 28.4 Å². The van der Waals surface area contributed by atoms with E-state index in [2.05, 4.69) is 26.9 Å². The van der Waals surface area contributed by atoms with Gasteiger partial charge in [-0.3, -0.25) is 4.68 Å². The van der Waals surface area contributed by atoms with E-state index >= 15 is 0 Å². The Hall–Kier alpha value is -3.17. The van der Waals surface area contributed by atoms with Gasteiger partial charge in [-0.1, -0.05) is 24.0 Å². The molecule has 0 saturated carbocycles. The summed E-state index contributed by atoms with van der Waals surface area (Å²) in [6.07, 6.45) is 6.80. The van der Waals surface area contributed by atoms with E-state index in [-0.39, 0.29) is 11.8 Å². The summed E-state index contributed by atoms with van der Waals surface area (Å²) >= 11 is 0. The van der Waals surface area contributed by atoms with Crippen LogP contribution in [0.2, 0.25) is 0 Å². The minimum absolute atomic E-state index is 0.0620. The van der Waals surface area contributed by atoms with Gasteiger partial charge in [-0.15, -0.1) is 0 Å². The van der Waals surface area contributed by atoms with Crippen LogP contribution in [0.5, 0.6) is 5.75 Å². The van der Waals surface area contributed by atoms with Crippen molar-refractivity contribution in [2.45, 2.75) is 12.5 Å². The van der Waals surface area contributed by atoms with Gasteiger partial charge in [0.15, 0.2) is 5.75 Å². The molecule has 120 valence electrons. The Balaban J connectivity index is 1.70. The lowest BCUT2D eigenvalue weighted by Crippen LogP contribution is -2.14. The number of rotatable bonds is 3. The first-order valence-electron chi connectivity index (χ1n) is 7.46. The predicted molar refractivity (Wildman–Crippen MR) is 90.0 cm³/mol. The van der Waals surface area contributed by atoms with Crippen LogP contribution >= 0.6 is 0 Å². The Morgan fingerprint density at radius 1 is 1.17 bits per heavy atom. The van der Waals surface area contributed by atoms with Crippen LogP contribution in [-0.2, 0) is 13.5 Å². The van der Waals surface area contributed by atoms with E-state index in [1.807, 2.05) is 37.5 Å². The van der Waals surface area contributed by atoms with Crippen LogP contribution in [0.4, 0.5) is 0 Å². The Bertz CT molecular complexity index is 890. The number of nitrogens with two attached hydrogens (primary N) is 1. The second-order valence-electron chi connectivity index (χ2n) is 5.44. The molecule has 0 radical (unpaired) electrons. The molecule has 0 spiro atoms. The topological polar surface area (TPSA) is 89.9 Å². The second-order valence-corrected chi connectivity index (χ2v) is 5.44. The average molecular weight is 319 g/mol. The average Bonchev–Trinajstić information content (AvgIpc) is 3.01. The molecule has 0 fully saturated rings. The van der Waals surface area contributed by atoms with Gasteiger partial charge in [-0.05, 0) is 17.7 Å². The fourth-order valence-electron chi connectivity index (χ4n) is 2.27. The van der Waals surface area contributed by atoms with Crippen molar-refractivity contribution in [2.75, 3.05) is 0 Å². The molecule has 0 amide bonds. The van der Waals surface area contributed by atoms with Gasteiger partial charge in [-0.2, -0.15) is 5.10 Å². The summed E-state index contributed by atoms with van der Waals surface area (Å²) in [5.41, 5.74) is 9.47. The van der Waals surface area contributed by atoms with Gasteiger partial charge < -0.3 is 10.8 Å². The molecule has 0 aliphatic carbocycles. The van der Waals surface area contributed by atoms with Crippen LogP contribution in [-0.4, -0.2) is 24.9 Å². The van der Waals surface area contributed by atoms with Crippen LogP contribution in [0.25, 0.3) is 0 Å². The van der Waals surface area contributed by atoms with E-state index < -0.39 is 0 Å². The fourth-order valence-corrected chi connectivity index (χ4v) is 2.27. The van der Waals surface area contributed by atoms with Gasteiger partial charge in [0, 0.05) is 31.3 Å². The zero-order valence-electron chi connectivity index (χ0n) is 13.2. The first-order chi connectivity index (χ1) is 11.6. The molecule has 2 aromatic heterocycles. The number of aromatic nitrogens is 4.